The lowest BCUT2D eigenvalue weighted by atomic mass is 9.98. The maximum atomic E-state index is 10.8. The molecule has 2 rings (SSSR count). The van der Waals surface area contributed by atoms with Crippen molar-refractivity contribution in [3.8, 4) is 5.75 Å². The molecule has 19 heavy (non-hydrogen) atoms. The highest BCUT2D eigenvalue weighted by atomic mass is 16.6. The molecule has 0 saturated carbocycles. The summed E-state index contributed by atoms with van der Waals surface area (Å²) in [6, 6.07) is 13.4. The van der Waals surface area contributed by atoms with Crippen molar-refractivity contribution in [3.63, 3.8) is 0 Å². The summed E-state index contributed by atoms with van der Waals surface area (Å²) in [4.78, 5) is 10.4. The summed E-state index contributed by atoms with van der Waals surface area (Å²) in [7, 11) is 1.52. The minimum atomic E-state index is -0.462. The number of rotatable bonds is 4. The molecule has 5 heteroatoms. The molecule has 0 aliphatic rings. The number of methoxy groups -OCH3 is 1. The Morgan fingerprint density at radius 2 is 1.89 bits per heavy atom. The molecule has 5 nitrogen and oxygen atoms in total. The highest BCUT2D eigenvalue weighted by Crippen LogP contribution is 2.31. The zero-order valence-corrected chi connectivity index (χ0v) is 10.4. The summed E-state index contributed by atoms with van der Waals surface area (Å²) in [6.45, 7) is 0. The molecule has 0 aromatic heterocycles. The number of nitrogens with zero attached hydrogens (tertiary/aromatic N) is 1. The number of nitro groups is 1. The molecule has 1 unspecified atom stereocenters. The number of nitrogens with two attached hydrogens (primary N) is 1. The van der Waals surface area contributed by atoms with Gasteiger partial charge in [-0.2, -0.15) is 0 Å². The predicted molar refractivity (Wildman–Crippen MR) is 72.1 cm³/mol. The molecule has 2 aromatic carbocycles. The first-order chi connectivity index (χ1) is 9.13. The average molecular weight is 258 g/mol. The van der Waals surface area contributed by atoms with E-state index in [-0.39, 0.29) is 5.69 Å². The molecule has 0 bridgehead atoms. The van der Waals surface area contributed by atoms with E-state index in [0.29, 0.717) is 11.3 Å². The van der Waals surface area contributed by atoms with Gasteiger partial charge in [0.1, 0.15) is 5.75 Å². The van der Waals surface area contributed by atoms with Crippen LogP contribution in [0.3, 0.4) is 0 Å². The number of non-ortho nitro benzene ring substituents is 1. The van der Waals surface area contributed by atoms with Crippen LogP contribution < -0.4 is 10.5 Å². The third kappa shape index (κ3) is 2.71. The third-order valence-electron chi connectivity index (χ3n) is 2.92. The third-order valence-corrected chi connectivity index (χ3v) is 2.92. The summed E-state index contributed by atoms with van der Waals surface area (Å²) in [5, 5.41) is 10.8. The van der Waals surface area contributed by atoms with E-state index in [0.717, 1.165) is 5.56 Å². The fourth-order valence-electron chi connectivity index (χ4n) is 1.92. The van der Waals surface area contributed by atoms with E-state index in [9.17, 15) is 10.1 Å². The standard InChI is InChI=1S/C14H14N2O3/c1-19-13-8-7-11(16(17)18)9-12(13)14(15)10-5-3-2-4-6-10/h2-9,14H,15H2,1H3. The second kappa shape index (κ2) is 5.49. The largest absolute Gasteiger partial charge is 0.496 e. The first-order valence-electron chi connectivity index (χ1n) is 5.76. The number of hydrogen-bond donors (Lipinski definition) is 1. The fraction of sp³-hybridized carbons (Fsp3) is 0.143. The van der Waals surface area contributed by atoms with Crippen molar-refractivity contribution in [3.05, 3.63) is 69.8 Å². The first kappa shape index (κ1) is 13.0. The molecule has 0 spiro atoms. The van der Waals surface area contributed by atoms with Crippen LogP contribution in [0.4, 0.5) is 5.69 Å². The maximum Gasteiger partial charge on any atom is 0.270 e. The van der Waals surface area contributed by atoms with Crippen LogP contribution in [-0.2, 0) is 0 Å². The summed E-state index contributed by atoms with van der Waals surface area (Å²) in [5.41, 5.74) is 7.64. The van der Waals surface area contributed by atoms with Gasteiger partial charge >= 0.3 is 0 Å². The lowest BCUT2D eigenvalue weighted by molar-refractivity contribution is -0.384. The van der Waals surface area contributed by atoms with Crippen molar-refractivity contribution in [1.29, 1.82) is 0 Å². The quantitative estimate of drug-likeness (QED) is 0.675. The molecule has 0 saturated heterocycles. The highest BCUT2D eigenvalue weighted by Gasteiger charge is 2.18. The van der Waals surface area contributed by atoms with E-state index in [1.54, 1.807) is 6.07 Å². The summed E-state index contributed by atoms with van der Waals surface area (Å²) in [5.74, 6) is 0.543. The molecule has 0 fully saturated rings. The van der Waals surface area contributed by atoms with Crippen molar-refractivity contribution in [2.45, 2.75) is 6.04 Å². The molecule has 2 N–H and O–H groups in total. The normalized spacial score (nSPS) is 11.9. The molecule has 0 radical (unpaired) electrons. The topological polar surface area (TPSA) is 78.4 Å². The highest BCUT2D eigenvalue weighted by molar-refractivity contribution is 5.48. The van der Waals surface area contributed by atoms with Gasteiger partial charge in [0.2, 0.25) is 0 Å². The Bertz CT molecular complexity index is 584. The van der Waals surface area contributed by atoms with Crippen LogP contribution >= 0.6 is 0 Å². The van der Waals surface area contributed by atoms with Crippen LogP contribution in [0.1, 0.15) is 17.2 Å². The zero-order valence-electron chi connectivity index (χ0n) is 10.4. The summed E-state index contributed by atoms with van der Waals surface area (Å²) < 4.78 is 5.22. The predicted octanol–water partition coefficient (Wildman–Crippen LogP) is 2.65. The minimum Gasteiger partial charge on any atom is -0.496 e. The van der Waals surface area contributed by atoms with E-state index >= 15 is 0 Å². The van der Waals surface area contributed by atoms with Gasteiger partial charge in [0, 0.05) is 17.7 Å². The Hall–Kier alpha value is -2.40. The second-order valence-corrected chi connectivity index (χ2v) is 4.07. The van der Waals surface area contributed by atoms with Crippen molar-refractivity contribution in [2.24, 2.45) is 5.73 Å². The van der Waals surface area contributed by atoms with Gasteiger partial charge < -0.3 is 10.5 Å². The summed E-state index contributed by atoms with van der Waals surface area (Å²) >= 11 is 0. The Morgan fingerprint density at radius 3 is 2.47 bits per heavy atom. The molecule has 1 atom stereocenters. The Balaban J connectivity index is 2.47. The summed E-state index contributed by atoms with van der Waals surface area (Å²) in [6.07, 6.45) is 0. The lowest BCUT2D eigenvalue weighted by Gasteiger charge is -2.15. The molecule has 98 valence electrons. The van der Waals surface area contributed by atoms with Crippen LogP contribution in [0.5, 0.6) is 5.75 Å². The molecular formula is C14H14N2O3. The van der Waals surface area contributed by atoms with Gasteiger partial charge in [0.15, 0.2) is 0 Å². The maximum absolute atomic E-state index is 10.8. The molecule has 0 aliphatic carbocycles. The minimum absolute atomic E-state index is 0.00202. The number of hydrogen-bond acceptors (Lipinski definition) is 4. The van der Waals surface area contributed by atoms with Gasteiger partial charge in [-0.3, -0.25) is 10.1 Å². The first-order valence-corrected chi connectivity index (χ1v) is 5.76. The van der Waals surface area contributed by atoms with Crippen LogP contribution in [0.25, 0.3) is 0 Å². The molecule has 2 aromatic rings. The second-order valence-electron chi connectivity index (χ2n) is 4.07. The van der Waals surface area contributed by atoms with Gasteiger partial charge in [0.05, 0.1) is 18.1 Å². The van der Waals surface area contributed by atoms with Crippen LogP contribution in [0, 0.1) is 10.1 Å². The van der Waals surface area contributed by atoms with Crippen LogP contribution in [0.2, 0.25) is 0 Å². The Labute approximate surface area is 110 Å². The van der Waals surface area contributed by atoms with E-state index < -0.39 is 11.0 Å². The van der Waals surface area contributed by atoms with Crippen LogP contribution in [0.15, 0.2) is 48.5 Å². The van der Waals surface area contributed by atoms with E-state index in [1.165, 1.54) is 19.2 Å². The van der Waals surface area contributed by atoms with E-state index in [2.05, 4.69) is 0 Å². The van der Waals surface area contributed by atoms with Crippen molar-refractivity contribution in [2.75, 3.05) is 7.11 Å². The van der Waals surface area contributed by atoms with Crippen molar-refractivity contribution < 1.29 is 9.66 Å². The molecule has 0 aliphatic heterocycles. The molecule has 0 amide bonds. The van der Waals surface area contributed by atoms with Crippen LogP contribution in [-0.4, -0.2) is 12.0 Å². The van der Waals surface area contributed by atoms with Crippen molar-refractivity contribution in [1.82, 2.24) is 0 Å². The number of ether oxygens (including phenoxy) is 1. The Morgan fingerprint density at radius 1 is 1.21 bits per heavy atom. The average Bonchev–Trinajstić information content (AvgIpc) is 2.46. The van der Waals surface area contributed by atoms with Gasteiger partial charge in [0.25, 0.3) is 5.69 Å². The van der Waals surface area contributed by atoms with Gasteiger partial charge in [-0.05, 0) is 11.6 Å². The Kier molecular flexibility index (Phi) is 3.77. The molecule has 0 heterocycles. The number of benzene rings is 2. The van der Waals surface area contributed by atoms with Gasteiger partial charge in [-0.15, -0.1) is 0 Å². The van der Waals surface area contributed by atoms with Gasteiger partial charge in [-0.25, -0.2) is 0 Å². The van der Waals surface area contributed by atoms with E-state index in [4.69, 9.17) is 10.5 Å². The molecular weight excluding hydrogens is 244 g/mol. The zero-order chi connectivity index (χ0) is 13.8. The van der Waals surface area contributed by atoms with E-state index in [1.807, 2.05) is 30.3 Å². The smallest absolute Gasteiger partial charge is 0.270 e. The lowest BCUT2D eigenvalue weighted by Crippen LogP contribution is -2.13. The monoisotopic (exact) mass is 258 g/mol. The number of nitro benzene ring substituents is 1. The SMILES string of the molecule is COc1ccc([N+](=O)[O-])cc1C(N)c1ccccc1. The van der Waals surface area contributed by atoms with Gasteiger partial charge in [-0.1, -0.05) is 30.3 Å². The van der Waals surface area contributed by atoms with Crippen molar-refractivity contribution >= 4 is 5.69 Å². The fourth-order valence-corrected chi connectivity index (χ4v) is 1.92.